The van der Waals surface area contributed by atoms with Crippen LogP contribution < -0.4 is 0 Å². The van der Waals surface area contributed by atoms with Gasteiger partial charge in [0.25, 0.3) is 8.53 Å². The SMILES string of the molecule is [C-]#[N+]CCOP(OC1C[C@@H](CC)N(C(=O)CCCN=[N+]=[N-])C1)N(C(C)C)C(C)C. The summed E-state index contributed by atoms with van der Waals surface area (Å²) in [4.78, 5) is 20.6. The van der Waals surface area contributed by atoms with Crippen molar-refractivity contribution in [2.75, 3.05) is 26.2 Å². The second kappa shape index (κ2) is 13.7. The lowest BCUT2D eigenvalue weighted by Gasteiger charge is -2.36. The van der Waals surface area contributed by atoms with Gasteiger partial charge in [0.15, 0.2) is 0 Å². The number of azide groups is 1. The number of likely N-dealkylation sites (tertiary alicyclic amines) is 1. The van der Waals surface area contributed by atoms with Gasteiger partial charge in [-0.2, -0.15) is 0 Å². The van der Waals surface area contributed by atoms with Gasteiger partial charge in [0, 0.05) is 42.5 Å². The molecule has 0 spiro atoms. The molecule has 2 unspecified atom stereocenters. The van der Waals surface area contributed by atoms with E-state index in [1.807, 2.05) is 4.90 Å². The van der Waals surface area contributed by atoms with E-state index in [1.54, 1.807) is 0 Å². The predicted octanol–water partition coefficient (Wildman–Crippen LogP) is 4.75. The summed E-state index contributed by atoms with van der Waals surface area (Å²) in [7, 11) is -1.31. The number of carbonyl (C=O) groups excluding carboxylic acids is 1. The monoisotopic (exact) mass is 426 g/mol. The molecule has 0 aliphatic carbocycles. The van der Waals surface area contributed by atoms with Crippen molar-refractivity contribution in [1.29, 1.82) is 0 Å². The van der Waals surface area contributed by atoms with Crippen molar-refractivity contribution < 1.29 is 13.8 Å². The second-order valence-corrected chi connectivity index (χ2v) is 9.06. The molecule has 1 amide bonds. The van der Waals surface area contributed by atoms with E-state index in [2.05, 4.69) is 54.2 Å². The Labute approximate surface area is 176 Å². The van der Waals surface area contributed by atoms with Gasteiger partial charge in [-0.25, -0.2) is 11.2 Å². The summed E-state index contributed by atoms with van der Waals surface area (Å²) >= 11 is 0. The highest BCUT2D eigenvalue weighted by molar-refractivity contribution is 7.44. The highest BCUT2D eigenvalue weighted by Gasteiger charge is 2.38. The van der Waals surface area contributed by atoms with Crippen LogP contribution in [0.2, 0.25) is 0 Å². The molecular formula is C19H35N6O3P. The van der Waals surface area contributed by atoms with Crippen molar-refractivity contribution in [2.45, 2.75) is 84.5 Å². The van der Waals surface area contributed by atoms with Crippen LogP contribution in [0.1, 0.15) is 60.3 Å². The highest BCUT2D eigenvalue weighted by Crippen LogP contribution is 2.48. The molecule has 1 aliphatic rings. The fourth-order valence-electron chi connectivity index (χ4n) is 3.55. The van der Waals surface area contributed by atoms with E-state index in [9.17, 15) is 4.79 Å². The largest absolute Gasteiger partial charge is 0.337 e. The first-order chi connectivity index (χ1) is 13.8. The molecule has 0 radical (unpaired) electrons. The Kier molecular flexibility index (Phi) is 12.1. The number of rotatable bonds is 13. The molecule has 0 aromatic heterocycles. The topological polar surface area (TPSA) is 95.1 Å². The zero-order chi connectivity index (χ0) is 21.8. The number of nitrogens with zero attached hydrogens (tertiary/aromatic N) is 6. The van der Waals surface area contributed by atoms with Crippen molar-refractivity contribution in [3.63, 3.8) is 0 Å². The molecule has 10 heteroatoms. The van der Waals surface area contributed by atoms with E-state index in [-0.39, 0.29) is 30.1 Å². The standard InChI is InChI=1S/C19H35N6O3P/c1-7-17-13-18(14-24(17)19(26)9-8-10-22-23-20)28-29(27-12-11-21-6)25(15(2)3)16(4)5/h15-18H,7-14H2,1-5H3/t17-,18?,29?/m1/s1. The summed E-state index contributed by atoms with van der Waals surface area (Å²) in [6.45, 7) is 19.0. The molecule has 1 heterocycles. The van der Waals surface area contributed by atoms with Gasteiger partial charge in [-0.1, -0.05) is 12.0 Å². The molecule has 1 fully saturated rings. The lowest BCUT2D eigenvalue weighted by molar-refractivity contribution is -0.132. The first-order valence-corrected chi connectivity index (χ1v) is 11.5. The smallest absolute Gasteiger partial charge is 0.259 e. The quantitative estimate of drug-likeness (QED) is 0.106. The van der Waals surface area contributed by atoms with Gasteiger partial charge in [0.05, 0.1) is 6.10 Å². The maximum Gasteiger partial charge on any atom is 0.259 e. The fraction of sp³-hybridized carbons (Fsp3) is 0.895. The Bertz CT molecular complexity index is 583. The van der Waals surface area contributed by atoms with Crippen LogP contribution in [0, 0.1) is 6.57 Å². The normalized spacial score (nSPS) is 20.2. The highest BCUT2D eigenvalue weighted by atomic mass is 31.2. The van der Waals surface area contributed by atoms with Crippen LogP contribution in [0.3, 0.4) is 0 Å². The van der Waals surface area contributed by atoms with Crippen molar-refractivity contribution in [1.82, 2.24) is 9.57 Å². The molecule has 3 atom stereocenters. The lowest BCUT2D eigenvalue weighted by Crippen LogP contribution is -2.36. The minimum Gasteiger partial charge on any atom is -0.337 e. The summed E-state index contributed by atoms with van der Waals surface area (Å²) in [6.07, 6.45) is 2.51. The minimum atomic E-state index is -1.31. The van der Waals surface area contributed by atoms with E-state index >= 15 is 0 Å². The zero-order valence-electron chi connectivity index (χ0n) is 18.3. The van der Waals surface area contributed by atoms with Crippen LogP contribution in [0.25, 0.3) is 15.3 Å². The Balaban J connectivity index is 2.78. The van der Waals surface area contributed by atoms with Crippen LogP contribution in [0.15, 0.2) is 5.11 Å². The Morgan fingerprint density at radius 3 is 2.62 bits per heavy atom. The van der Waals surface area contributed by atoms with Gasteiger partial charge in [0.2, 0.25) is 12.5 Å². The summed E-state index contributed by atoms with van der Waals surface area (Å²) in [5.41, 5.74) is 8.36. The average molecular weight is 427 g/mol. The van der Waals surface area contributed by atoms with E-state index in [1.165, 1.54) is 0 Å². The van der Waals surface area contributed by atoms with Crippen LogP contribution in [-0.2, 0) is 13.8 Å². The molecule has 1 saturated heterocycles. The molecule has 0 saturated carbocycles. The average Bonchev–Trinajstić information content (AvgIpc) is 3.07. The van der Waals surface area contributed by atoms with E-state index < -0.39 is 8.53 Å². The molecule has 0 aromatic carbocycles. The van der Waals surface area contributed by atoms with Crippen molar-refractivity contribution >= 4 is 14.4 Å². The van der Waals surface area contributed by atoms with Gasteiger partial charge in [-0.3, -0.25) is 4.79 Å². The Morgan fingerprint density at radius 1 is 1.38 bits per heavy atom. The fourth-order valence-corrected chi connectivity index (χ4v) is 5.25. The number of amides is 1. The summed E-state index contributed by atoms with van der Waals surface area (Å²) in [6, 6.07) is 0.644. The maximum absolute atomic E-state index is 12.6. The first-order valence-electron chi connectivity index (χ1n) is 10.4. The predicted molar refractivity (Wildman–Crippen MR) is 115 cm³/mol. The lowest BCUT2D eigenvalue weighted by atomic mass is 10.1. The van der Waals surface area contributed by atoms with Gasteiger partial charge in [-0.05, 0) is 52.5 Å². The summed E-state index contributed by atoms with van der Waals surface area (Å²) in [5.74, 6) is 0.0823. The number of hydrogen-bond acceptors (Lipinski definition) is 5. The molecule has 0 aromatic rings. The maximum atomic E-state index is 12.6. The van der Waals surface area contributed by atoms with Gasteiger partial charge in [-0.15, -0.1) is 0 Å². The third kappa shape index (κ3) is 8.46. The van der Waals surface area contributed by atoms with Crippen LogP contribution >= 0.6 is 8.53 Å². The molecule has 1 aliphatic heterocycles. The van der Waals surface area contributed by atoms with E-state index in [0.717, 1.165) is 12.8 Å². The molecule has 9 nitrogen and oxygen atoms in total. The summed E-state index contributed by atoms with van der Waals surface area (Å²) in [5, 5.41) is 3.50. The van der Waals surface area contributed by atoms with Gasteiger partial charge < -0.3 is 18.8 Å². The van der Waals surface area contributed by atoms with Gasteiger partial charge in [0.1, 0.15) is 6.61 Å². The third-order valence-electron chi connectivity index (χ3n) is 4.77. The Hall–Kier alpha value is -1.42. The molecule has 164 valence electrons. The number of hydrogen-bond donors (Lipinski definition) is 0. The van der Waals surface area contributed by atoms with E-state index in [0.29, 0.717) is 39.1 Å². The molecular weight excluding hydrogens is 391 g/mol. The summed E-state index contributed by atoms with van der Waals surface area (Å²) < 4.78 is 14.6. The Morgan fingerprint density at radius 2 is 2.07 bits per heavy atom. The van der Waals surface area contributed by atoms with Crippen molar-refractivity contribution in [3.8, 4) is 0 Å². The first kappa shape index (κ1) is 25.6. The van der Waals surface area contributed by atoms with Crippen LogP contribution in [0.4, 0.5) is 0 Å². The minimum absolute atomic E-state index is 0.0823. The molecule has 0 bridgehead atoms. The van der Waals surface area contributed by atoms with E-state index in [4.69, 9.17) is 21.2 Å². The molecule has 29 heavy (non-hydrogen) atoms. The number of carbonyl (C=O) groups is 1. The van der Waals surface area contributed by atoms with Crippen LogP contribution in [0.5, 0.6) is 0 Å². The van der Waals surface area contributed by atoms with Crippen LogP contribution in [-0.4, -0.2) is 65.9 Å². The van der Waals surface area contributed by atoms with Gasteiger partial charge >= 0.3 is 0 Å². The molecule has 1 rings (SSSR count). The van der Waals surface area contributed by atoms with Crippen molar-refractivity contribution in [3.05, 3.63) is 21.9 Å². The third-order valence-corrected chi connectivity index (χ3v) is 6.95. The second-order valence-electron chi connectivity index (χ2n) is 7.65. The zero-order valence-corrected chi connectivity index (χ0v) is 19.2. The van der Waals surface area contributed by atoms with Crippen molar-refractivity contribution in [2.24, 2.45) is 5.11 Å². The molecule has 0 N–H and O–H groups in total.